The van der Waals surface area contributed by atoms with E-state index in [4.69, 9.17) is 18.9 Å². The molecule has 5 atom stereocenters. The van der Waals surface area contributed by atoms with Gasteiger partial charge in [-0.3, -0.25) is 14.4 Å². The molecule has 0 spiro atoms. The number of fused-ring (bicyclic) bond motifs is 3. The largest absolute Gasteiger partial charge is 0.469 e. The maximum absolute atomic E-state index is 14.3. The van der Waals surface area contributed by atoms with Gasteiger partial charge in [-0.15, -0.1) is 0 Å². The third-order valence-electron chi connectivity index (χ3n) is 9.07. The molecule has 1 saturated heterocycles. The van der Waals surface area contributed by atoms with Crippen LogP contribution < -0.4 is 10.6 Å². The Kier molecular flexibility index (Phi) is 12.5. The van der Waals surface area contributed by atoms with Gasteiger partial charge in [-0.25, -0.2) is 9.59 Å². The quantitative estimate of drug-likeness (QED) is 0.227. The van der Waals surface area contributed by atoms with Crippen LogP contribution >= 0.6 is 0 Å². The fourth-order valence-electron chi connectivity index (χ4n) is 6.59. The zero-order chi connectivity index (χ0) is 37.7. The normalized spacial score (nSPS) is 18.9. The maximum Gasteiger partial charge on any atom is 0.407 e. The molecule has 12 heteroatoms. The van der Waals surface area contributed by atoms with Crippen LogP contribution in [0.4, 0.5) is 4.79 Å². The molecule has 3 amide bonds. The first-order chi connectivity index (χ1) is 23.9. The third kappa shape index (κ3) is 10.1. The molecule has 2 N–H and O–H groups in total. The first-order valence-electron chi connectivity index (χ1n) is 17.6. The Hall–Kier alpha value is -4.45. The summed E-state index contributed by atoms with van der Waals surface area (Å²) in [4.78, 5) is 68.6. The molecule has 2 aromatic carbocycles. The topological polar surface area (TPSA) is 150 Å². The molecule has 12 nitrogen and oxygen atoms in total. The highest BCUT2D eigenvalue weighted by molar-refractivity contribution is 5.95. The van der Waals surface area contributed by atoms with Crippen LogP contribution in [0.1, 0.15) is 91.7 Å². The van der Waals surface area contributed by atoms with Crippen LogP contribution in [0.15, 0.2) is 48.5 Å². The smallest absolute Gasteiger partial charge is 0.407 e. The molecule has 2 aromatic rings. The van der Waals surface area contributed by atoms with Gasteiger partial charge in [0, 0.05) is 18.9 Å². The molecule has 0 bridgehead atoms. The predicted molar refractivity (Wildman–Crippen MR) is 191 cm³/mol. The summed E-state index contributed by atoms with van der Waals surface area (Å²) in [6.45, 7) is 14.6. The minimum absolute atomic E-state index is 0.00307. The molecule has 51 heavy (non-hydrogen) atoms. The summed E-state index contributed by atoms with van der Waals surface area (Å²) in [7, 11) is 1.18. The lowest BCUT2D eigenvalue weighted by Crippen LogP contribution is -2.57. The number of hydrogen-bond donors (Lipinski definition) is 2. The number of rotatable bonds is 12. The van der Waals surface area contributed by atoms with Gasteiger partial charge in [-0.2, -0.15) is 0 Å². The van der Waals surface area contributed by atoms with Crippen LogP contribution in [-0.2, 0) is 38.1 Å². The van der Waals surface area contributed by atoms with E-state index in [0.717, 1.165) is 22.3 Å². The van der Waals surface area contributed by atoms with Gasteiger partial charge in [0.05, 0.1) is 25.2 Å². The summed E-state index contributed by atoms with van der Waals surface area (Å²) in [5, 5.41) is 5.40. The minimum Gasteiger partial charge on any atom is -0.469 e. The Morgan fingerprint density at radius 2 is 1.47 bits per heavy atom. The van der Waals surface area contributed by atoms with E-state index in [2.05, 4.69) is 10.6 Å². The summed E-state index contributed by atoms with van der Waals surface area (Å²) in [6, 6.07) is 12.4. The average molecular weight is 708 g/mol. The molecular formula is C39H53N3O9. The summed E-state index contributed by atoms with van der Waals surface area (Å²) in [5.74, 6) is -3.06. The average Bonchev–Trinajstić information content (AvgIpc) is 3.62. The molecular weight excluding hydrogens is 654 g/mol. The number of hydrogen-bond acceptors (Lipinski definition) is 9. The number of nitrogens with one attached hydrogen (secondary N) is 2. The van der Waals surface area contributed by atoms with Crippen molar-refractivity contribution in [3.8, 4) is 11.1 Å². The molecule has 4 rings (SSSR count). The van der Waals surface area contributed by atoms with E-state index in [1.165, 1.54) is 12.0 Å². The van der Waals surface area contributed by atoms with Gasteiger partial charge >= 0.3 is 18.0 Å². The van der Waals surface area contributed by atoms with E-state index in [1.54, 1.807) is 20.8 Å². The van der Waals surface area contributed by atoms with Crippen molar-refractivity contribution in [2.45, 2.75) is 116 Å². The van der Waals surface area contributed by atoms with Crippen LogP contribution in [-0.4, -0.2) is 90.4 Å². The van der Waals surface area contributed by atoms with Crippen molar-refractivity contribution in [2.24, 2.45) is 5.92 Å². The second-order valence-electron chi connectivity index (χ2n) is 15.3. The first kappa shape index (κ1) is 39.3. The number of esters is 2. The highest BCUT2D eigenvalue weighted by atomic mass is 16.6. The Morgan fingerprint density at radius 3 is 2.00 bits per heavy atom. The summed E-state index contributed by atoms with van der Waals surface area (Å²) in [5.41, 5.74) is 2.80. The number of carbonyl (C=O) groups is 5. The van der Waals surface area contributed by atoms with E-state index in [-0.39, 0.29) is 31.4 Å². The monoisotopic (exact) mass is 707 g/mol. The number of amides is 3. The number of carbonyl (C=O) groups excluding carboxylic acids is 5. The zero-order valence-electron chi connectivity index (χ0n) is 31.2. The van der Waals surface area contributed by atoms with Crippen molar-refractivity contribution in [2.75, 3.05) is 20.3 Å². The molecule has 1 heterocycles. The van der Waals surface area contributed by atoms with Crippen molar-refractivity contribution in [1.29, 1.82) is 0 Å². The zero-order valence-corrected chi connectivity index (χ0v) is 31.2. The van der Waals surface area contributed by atoms with Gasteiger partial charge in [-0.05, 0) is 69.7 Å². The number of nitrogens with zero attached hydrogens (tertiary/aromatic N) is 1. The Balaban J connectivity index is 1.55. The molecule has 0 aromatic heterocycles. The maximum atomic E-state index is 14.3. The summed E-state index contributed by atoms with van der Waals surface area (Å²) < 4.78 is 22.4. The minimum atomic E-state index is -1.41. The number of benzene rings is 2. The molecule has 278 valence electrons. The van der Waals surface area contributed by atoms with E-state index in [9.17, 15) is 24.0 Å². The Morgan fingerprint density at radius 1 is 0.882 bits per heavy atom. The SMILES string of the molecule is CC[C@H](C)[C@H](NC(=O)[C@@H]1C[C@@H](OC(C)(C)C)CN1C(=O)C(CC(=O)OC)NC(=O)OCC1c2ccccc2-c2ccccc21)C(=O)OC(C)(C)C. The van der Waals surface area contributed by atoms with Crippen molar-refractivity contribution < 1.29 is 42.9 Å². The highest BCUT2D eigenvalue weighted by Crippen LogP contribution is 2.44. The van der Waals surface area contributed by atoms with Gasteiger partial charge < -0.3 is 34.5 Å². The van der Waals surface area contributed by atoms with Crippen molar-refractivity contribution >= 4 is 29.8 Å². The first-order valence-corrected chi connectivity index (χ1v) is 17.6. The molecule has 1 fully saturated rings. The van der Waals surface area contributed by atoms with E-state index in [0.29, 0.717) is 6.42 Å². The standard InChI is InChI=1S/C39H53N3O9/c1-10-23(2)33(36(46)51-39(6,7)8)41-34(44)31-19-24(50-38(3,4)5)21-42(31)35(45)30(20-32(43)48-9)40-37(47)49-22-29-27-17-13-11-15-25(27)26-16-12-14-18-28(26)29/h11-18,23-24,29-31,33H,10,19-22H2,1-9H3,(H,40,47)(H,41,44)/t23-,24+,30?,31-,33-/m0/s1. The van der Waals surface area contributed by atoms with E-state index in [1.807, 2.05) is 83.1 Å². The van der Waals surface area contributed by atoms with Gasteiger partial charge in [0.2, 0.25) is 11.8 Å². The second kappa shape index (κ2) is 16.3. The van der Waals surface area contributed by atoms with E-state index >= 15 is 0 Å². The van der Waals surface area contributed by atoms with Crippen LogP contribution in [0.2, 0.25) is 0 Å². The Bertz CT molecular complexity index is 1550. The van der Waals surface area contributed by atoms with Crippen molar-refractivity contribution in [3.63, 3.8) is 0 Å². The fourth-order valence-corrected chi connectivity index (χ4v) is 6.59. The third-order valence-corrected chi connectivity index (χ3v) is 9.07. The Labute approximate surface area is 300 Å². The molecule has 1 unspecified atom stereocenters. The van der Waals surface area contributed by atoms with Crippen LogP contribution in [0.5, 0.6) is 0 Å². The molecule has 2 aliphatic rings. The van der Waals surface area contributed by atoms with Crippen LogP contribution in [0, 0.1) is 5.92 Å². The van der Waals surface area contributed by atoms with Gasteiger partial charge in [0.25, 0.3) is 0 Å². The lowest BCUT2D eigenvalue weighted by Gasteiger charge is -2.31. The number of likely N-dealkylation sites (tertiary alicyclic amines) is 1. The lowest BCUT2D eigenvalue weighted by atomic mass is 9.98. The van der Waals surface area contributed by atoms with Gasteiger partial charge in [0.15, 0.2) is 0 Å². The molecule has 0 radical (unpaired) electrons. The van der Waals surface area contributed by atoms with Gasteiger partial charge in [0.1, 0.15) is 30.3 Å². The lowest BCUT2D eigenvalue weighted by molar-refractivity contribution is -0.160. The number of alkyl carbamates (subject to hydrolysis) is 1. The summed E-state index contributed by atoms with van der Waals surface area (Å²) >= 11 is 0. The van der Waals surface area contributed by atoms with Crippen molar-refractivity contribution in [3.05, 3.63) is 59.7 Å². The molecule has 1 aliphatic heterocycles. The summed E-state index contributed by atoms with van der Waals surface area (Å²) in [6.07, 6.45) is -1.22. The number of methoxy groups -OCH3 is 1. The second-order valence-corrected chi connectivity index (χ2v) is 15.3. The molecule has 0 saturated carbocycles. The molecule has 1 aliphatic carbocycles. The van der Waals surface area contributed by atoms with Crippen LogP contribution in [0.25, 0.3) is 11.1 Å². The van der Waals surface area contributed by atoms with Gasteiger partial charge in [-0.1, -0.05) is 68.8 Å². The van der Waals surface area contributed by atoms with Crippen molar-refractivity contribution in [1.82, 2.24) is 15.5 Å². The predicted octanol–water partition coefficient (Wildman–Crippen LogP) is 5.11. The fraction of sp³-hybridized carbons (Fsp3) is 0.564. The van der Waals surface area contributed by atoms with Crippen LogP contribution in [0.3, 0.4) is 0 Å². The van der Waals surface area contributed by atoms with E-state index < -0.39 is 71.7 Å². The number of ether oxygens (including phenoxy) is 4. The highest BCUT2D eigenvalue weighted by Gasteiger charge is 2.45.